The van der Waals surface area contributed by atoms with Crippen molar-refractivity contribution in [3.8, 4) is 5.75 Å². The van der Waals surface area contributed by atoms with Crippen molar-refractivity contribution in [2.24, 2.45) is 0 Å². The summed E-state index contributed by atoms with van der Waals surface area (Å²) < 4.78 is 5.61. The van der Waals surface area contributed by atoms with Gasteiger partial charge in [-0.05, 0) is 53.2 Å². The summed E-state index contributed by atoms with van der Waals surface area (Å²) in [4.78, 5) is 23.0. The van der Waals surface area contributed by atoms with Crippen molar-refractivity contribution in [2.75, 3.05) is 5.32 Å². The van der Waals surface area contributed by atoms with Gasteiger partial charge in [0.2, 0.25) is 0 Å². The first-order valence-corrected chi connectivity index (χ1v) is 7.11. The first-order valence-electron chi connectivity index (χ1n) is 6.31. The van der Waals surface area contributed by atoms with Gasteiger partial charge in [0, 0.05) is 17.0 Å². The Balaban J connectivity index is 2.14. The number of benzene rings is 2. The summed E-state index contributed by atoms with van der Waals surface area (Å²) in [6, 6.07) is 12.2. The van der Waals surface area contributed by atoms with E-state index in [0.29, 0.717) is 21.5 Å². The zero-order valence-electron chi connectivity index (χ0n) is 11.6. The zero-order valence-corrected chi connectivity index (χ0v) is 13.2. The Hall–Kier alpha value is -2.14. The highest BCUT2D eigenvalue weighted by Gasteiger charge is 2.09. The summed E-state index contributed by atoms with van der Waals surface area (Å²) in [5.74, 6) is -0.169. The van der Waals surface area contributed by atoms with Crippen molar-refractivity contribution in [3.05, 3.63) is 58.1 Å². The van der Waals surface area contributed by atoms with Crippen LogP contribution in [0.2, 0.25) is 0 Å². The van der Waals surface area contributed by atoms with Gasteiger partial charge in [-0.2, -0.15) is 0 Å². The van der Waals surface area contributed by atoms with Gasteiger partial charge in [-0.25, -0.2) is 0 Å². The second-order valence-electron chi connectivity index (χ2n) is 4.56. The molecule has 0 radical (unpaired) electrons. The van der Waals surface area contributed by atoms with Gasteiger partial charge in [-0.1, -0.05) is 17.7 Å². The number of anilines is 1. The van der Waals surface area contributed by atoms with E-state index in [9.17, 15) is 9.59 Å². The maximum absolute atomic E-state index is 12.1. The van der Waals surface area contributed by atoms with E-state index >= 15 is 0 Å². The monoisotopic (exact) mass is 347 g/mol. The highest BCUT2D eigenvalue weighted by molar-refractivity contribution is 9.10. The SMILES string of the molecule is CC(=O)Oc1ccc(NC(=O)c2ccc(C)cc2)c(Br)c1. The van der Waals surface area contributed by atoms with Crippen molar-refractivity contribution < 1.29 is 14.3 Å². The lowest BCUT2D eigenvalue weighted by molar-refractivity contribution is -0.131. The number of hydrogen-bond donors (Lipinski definition) is 1. The molecule has 5 heteroatoms. The Morgan fingerprint density at radius 2 is 1.76 bits per heavy atom. The average Bonchev–Trinajstić information content (AvgIpc) is 2.42. The highest BCUT2D eigenvalue weighted by Crippen LogP contribution is 2.27. The molecule has 2 rings (SSSR count). The summed E-state index contributed by atoms with van der Waals surface area (Å²) in [7, 11) is 0. The smallest absolute Gasteiger partial charge is 0.308 e. The van der Waals surface area contributed by atoms with Crippen molar-refractivity contribution >= 4 is 33.5 Å². The Bertz CT molecular complexity index is 680. The van der Waals surface area contributed by atoms with E-state index in [-0.39, 0.29) is 5.91 Å². The number of carbonyl (C=O) groups is 2. The quantitative estimate of drug-likeness (QED) is 0.675. The molecule has 0 saturated carbocycles. The first kappa shape index (κ1) is 15.3. The molecule has 0 aromatic heterocycles. The van der Waals surface area contributed by atoms with Crippen LogP contribution in [0.15, 0.2) is 46.9 Å². The van der Waals surface area contributed by atoms with Crippen LogP contribution in [0.3, 0.4) is 0 Å². The van der Waals surface area contributed by atoms with Gasteiger partial charge in [0.1, 0.15) is 5.75 Å². The normalized spacial score (nSPS) is 10.0. The van der Waals surface area contributed by atoms with Crippen molar-refractivity contribution in [1.29, 1.82) is 0 Å². The van der Waals surface area contributed by atoms with Crippen LogP contribution in [0.4, 0.5) is 5.69 Å². The van der Waals surface area contributed by atoms with Crippen LogP contribution >= 0.6 is 15.9 Å². The molecule has 4 nitrogen and oxygen atoms in total. The second-order valence-corrected chi connectivity index (χ2v) is 5.41. The Morgan fingerprint density at radius 1 is 1.10 bits per heavy atom. The Morgan fingerprint density at radius 3 is 2.33 bits per heavy atom. The summed E-state index contributed by atoms with van der Waals surface area (Å²) in [5, 5.41) is 2.80. The lowest BCUT2D eigenvalue weighted by Gasteiger charge is -2.09. The third kappa shape index (κ3) is 4.16. The van der Waals surface area contributed by atoms with Crippen LogP contribution in [0.1, 0.15) is 22.8 Å². The fourth-order valence-corrected chi connectivity index (χ4v) is 2.18. The highest BCUT2D eigenvalue weighted by atomic mass is 79.9. The number of halogens is 1. The molecule has 0 atom stereocenters. The molecule has 0 unspecified atom stereocenters. The lowest BCUT2D eigenvalue weighted by Crippen LogP contribution is -2.12. The van der Waals surface area contributed by atoms with Crippen LogP contribution in [0, 0.1) is 6.92 Å². The minimum Gasteiger partial charge on any atom is -0.427 e. The number of rotatable bonds is 3. The fraction of sp³-hybridized carbons (Fsp3) is 0.125. The van der Waals surface area contributed by atoms with Crippen molar-refractivity contribution in [3.63, 3.8) is 0 Å². The molecule has 0 spiro atoms. The second kappa shape index (κ2) is 6.54. The molecule has 0 fully saturated rings. The number of hydrogen-bond acceptors (Lipinski definition) is 3. The lowest BCUT2D eigenvalue weighted by atomic mass is 10.1. The predicted molar refractivity (Wildman–Crippen MR) is 84.6 cm³/mol. The standard InChI is InChI=1S/C16H14BrNO3/c1-10-3-5-12(6-4-10)16(20)18-15-8-7-13(9-14(15)17)21-11(2)19/h3-9H,1-2H3,(H,18,20). The molecule has 0 aliphatic rings. The Labute approximate surface area is 131 Å². The maximum Gasteiger partial charge on any atom is 0.308 e. The van der Waals surface area contributed by atoms with Crippen LogP contribution in [0.5, 0.6) is 5.75 Å². The number of aryl methyl sites for hydroxylation is 1. The Kier molecular flexibility index (Phi) is 4.75. The molecule has 0 saturated heterocycles. The van der Waals surface area contributed by atoms with E-state index in [4.69, 9.17) is 4.74 Å². The molecule has 1 amide bonds. The molecule has 2 aromatic carbocycles. The molecule has 2 aromatic rings. The third-order valence-corrected chi connectivity index (χ3v) is 3.42. The predicted octanol–water partition coefficient (Wildman–Crippen LogP) is 3.94. The van der Waals surface area contributed by atoms with E-state index in [1.165, 1.54) is 6.92 Å². The molecule has 0 aliphatic heterocycles. The molecule has 108 valence electrons. The average molecular weight is 348 g/mol. The molecule has 0 aliphatic carbocycles. The number of esters is 1. The third-order valence-electron chi connectivity index (χ3n) is 2.76. The zero-order chi connectivity index (χ0) is 15.4. The first-order chi connectivity index (χ1) is 9.95. The summed E-state index contributed by atoms with van der Waals surface area (Å²) in [5.41, 5.74) is 2.28. The van der Waals surface area contributed by atoms with Gasteiger partial charge in [-0.3, -0.25) is 9.59 Å². The minimum absolute atomic E-state index is 0.198. The minimum atomic E-state index is -0.390. The molecular weight excluding hydrogens is 334 g/mol. The van der Waals surface area contributed by atoms with Crippen LogP contribution in [-0.2, 0) is 4.79 Å². The molecule has 21 heavy (non-hydrogen) atoms. The largest absolute Gasteiger partial charge is 0.427 e. The van der Waals surface area contributed by atoms with Gasteiger partial charge in [0.15, 0.2) is 0 Å². The van der Waals surface area contributed by atoms with Crippen molar-refractivity contribution in [1.82, 2.24) is 0 Å². The van der Waals surface area contributed by atoms with E-state index < -0.39 is 5.97 Å². The molecule has 0 bridgehead atoms. The van der Waals surface area contributed by atoms with E-state index in [1.807, 2.05) is 19.1 Å². The van der Waals surface area contributed by atoms with Crippen LogP contribution < -0.4 is 10.1 Å². The number of amides is 1. The van der Waals surface area contributed by atoms with Crippen molar-refractivity contribution in [2.45, 2.75) is 13.8 Å². The number of nitrogens with one attached hydrogen (secondary N) is 1. The van der Waals surface area contributed by atoms with Gasteiger partial charge >= 0.3 is 5.97 Å². The topological polar surface area (TPSA) is 55.4 Å². The van der Waals surface area contributed by atoms with E-state index in [2.05, 4.69) is 21.2 Å². The van der Waals surface area contributed by atoms with Crippen LogP contribution in [-0.4, -0.2) is 11.9 Å². The molecule has 1 N–H and O–H groups in total. The van der Waals surface area contributed by atoms with Gasteiger partial charge in [0.25, 0.3) is 5.91 Å². The summed E-state index contributed by atoms with van der Waals surface area (Å²) in [6.45, 7) is 3.30. The van der Waals surface area contributed by atoms with Gasteiger partial charge in [-0.15, -0.1) is 0 Å². The molecule has 0 heterocycles. The van der Waals surface area contributed by atoms with Gasteiger partial charge < -0.3 is 10.1 Å². The summed E-state index contributed by atoms with van der Waals surface area (Å²) >= 11 is 3.34. The maximum atomic E-state index is 12.1. The number of carbonyl (C=O) groups excluding carboxylic acids is 2. The number of ether oxygens (including phenoxy) is 1. The van der Waals surface area contributed by atoms with Gasteiger partial charge in [0.05, 0.1) is 5.69 Å². The molecular formula is C16H14BrNO3. The fourth-order valence-electron chi connectivity index (χ4n) is 1.73. The van der Waals surface area contributed by atoms with Crippen LogP contribution in [0.25, 0.3) is 0 Å². The van der Waals surface area contributed by atoms with E-state index in [0.717, 1.165) is 5.56 Å². The van der Waals surface area contributed by atoms with E-state index in [1.54, 1.807) is 30.3 Å². The summed E-state index contributed by atoms with van der Waals surface area (Å²) in [6.07, 6.45) is 0.